The fourth-order valence-electron chi connectivity index (χ4n) is 0.528. The Morgan fingerprint density at radius 3 is 2.75 bits per heavy atom. The van der Waals surface area contributed by atoms with Crippen LogP contribution in [0.3, 0.4) is 0 Å². The van der Waals surface area contributed by atoms with Crippen molar-refractivity contribution in [3.63, 3.8) is 0 Å². The van der Waals surface area contributed by atoms with E-state index >= 15 is 0 Å². The zero-order valence-electron chi connectivity index (χ0n) is 5.14. The maximum Gasteiger partial charge on any atom is 0.0604 e. The van der Waals surface area contributed by atoms with Crippen molar-refractivity contribution in [3.8, 4) is 0 Å². The average Bonchev–Trinajstić information content (AvgIpc) is 2.12. The number of rotatable bonds is 0. The molecule has 0 bridgehead atoms. The second-order valence-corrected chi connectivity index (χ2v) is 2.83. The average molecular weight is 127 g/mol. The second kappa shape index (κ2) is 2.35. The minimum absolute atomic E-state index is 1.07. The third-order valence-corrected chi connectivity index (χ3v) is 1.77. The molecule has 0 radical (unpaired) electrons. The molecule has 0 unspecified atom stereocenters. The van der Waals surface area contributed by atoms with Crippen molar-refractivity contribution in [3.05, 3.63) is 11.3 Å². The van der Waals surface area contributed by atoms with Crippen LogP contribution in [-0.4, -0.2) is 11.3 Å². The van der Waals surface area contributed by atoms with Crippen LogP contribution >= 0.6 is 11.8 Å². The lowest BCUT2D eigenvalue weighted by molar-refractivity contribution is 1.22. The summed E-state index contributed by atoms with van der Waals surface area (Å²) in [5, 5.41) is 0. The van der Waals surface area contributed by atoms with Crippen molar-refractivity contribution < 1.29 is 0 Å². The summed E-state index contributed by atoms with van der Waals surface area (Å²) in [5.41, 5.74) is 4.49. The number of aliphatic imine (C=N–C) groups is 1. The van der Waals surface area contributed by atoms with E-state index in [1.54, 1.807) is 11.8 Å². The first-order chi connectivity index (χ1) is 3.80. The lowest BCUT2D eigenvalue weighted by atomic mass is 10.3. The van der Waals surface area contributed by atoms with Gasteiger partial charge in [0.1, 0.15) is 0 Å². The largest absolute Gasteiger partial charge is 0.254 e. The summed E-state index contributed by atoms with van der Waals surface area (Å²) in [6.45, 7) is 4.19. The van der Waals surface area contributed by atoms with E-state index in [1.807, 2.05) is 5.55 Å². The molecule has 0 saturated heterocycles. The summed E-state index contributed by atoms with van der Waals surface area (Å²) < 4.78 is 0. The maximum atomic E-state index is 4.15. The van der Waals surface area contributed by atoms with Gasteiger partial charge in [0.25, 0.3) is 0 Å². The van der Waals surface area contributed by atoms with Crippen LogP contribution in [0.15, 0.2) is 16.3 Å². The number of thioether (sulfide) groups is 1. The van der Waals surface area contributed by atoms with Crippen LogP contribution in [0.4, 0.5) is 0 Å². The molecule has 0 N–H and O–H groups in total. The minimum atomic E-state index is 1.07. The first kappa shape index (κ1) is 5.89. The van der Waals surface area contributed by atoms with Crippen molar-refractivity contribution in [2.45, 2.75) is 13.8 Å². The summed E-state index contributed by atoms with van der Waals surface area (Å²) in [4.78, 5) is 4.15. The summed E-state index contributed by atoms with van der Waals surface area (Å²) in [6.07, 6.45) is 0. The Kier molecular flexibility index (Phi) is 1.73. The standard InChI is InChI=1S/C6H9NS/c1-5(2)6-3-8-4-7-6/h4H,3H2,1-2H3. The highest BCUT2D eigenvalue weighted by Crippen LogP contribution is 2.17. The molecular formula is C6H9NS. The smallest absolute Gasteiger partial charge is 0.0604 e. The Balaban J connectivity index is 2.73. The van der Waals surface area contributed by atoms with E-state index in [4.69, 9.17) is 0 Å². The van der Waals surface area contributed by atoms with E-state index in [0.717, 1.165) is 5.75 Å². The SMILES string of the molecule is CC(C)=C1CSC=N1. The van der Waals surface area contributed by atoms with E-state index in [-0.39, 0.29) is 0 Å². The molecule has 1 nitrogen and oxygen atoms in total. The molecule has 1 aliphatic rings. The molecule has 0 saturated carbocycles. The number of allylic oxidation sites excluding steroid dienone is 1. The van der Waals surface area contributed by atoms with Gasteiger partial charge in [-0.05, 0) is 13.8 Å². The predicted molar refractivity (Wildman–Crippen MR) is 39.3 cm³/mol. The molecule has 0 spiro atoms. The second-order valence-electron chi connectivity index (χ2n) is 1.99. The van der Waals surface area contributed by atoms with Gasteiger partial charge in [-0.1, -0.05) is 5.57 Å². The van der Waals surface area contributed by atoms with Crippen LogP contribution in [0, 0.1) is 0 Å². The molecule has 0 aromatic carbocycles. The lowest BCUT2D eigenvalue weighted by Crippen LogP contribution is -1.78. The van der Waals surface area contributed by atoms with Gasteiger partial charge in [0.15, 0.2) is 0 Å². The van der Waals surface area contributed by atoms with E-state index in [1.165, 1.54) is 11.3 Å². The first-order valence-corrected chi connectivity index (χ1v) is 3.66. The van der Waals surface area contributed by atoms with Gasteiger partial charge in [-0.25, -0.2) is 0 Å². The van der Waals surface area contributed by atoms with Gasteiger partial charge in [0.2, 0.25) is 0 Å². The Morgan fingerprint density at radius 1 is 1.75 bits per heavy atom. The molecule has 0 aromatic heterocycles. The summed E-state index contributed by atoms with van der Waals surface area (Å²) in [7, 11) is 0. The fourth-order valence-corrected chi connectivity index (χ4v) is 1.33. The molecule has 0 aromatic rings. The van der Waals surface area contributed by atoms with Crippen LogP contribution in [0.1, 0.15) is 13.8 Å². The highest BCUT2D eigenvalue weighted by atomic mass is 32.2. The van der Waals surface area contributed by atoms with Crippen molar-refractivity contribution in [2.24, 2.45) is 4.99 Å². The highest BCUT2D eigenvalue weighted by Gasteiger charge is 2.00. The molecule has 44 valence electrons. The molecule has 0 aliphatic carbocycles. The summed E-state index contributed by atoms with van der Waals surface area (Å²) in [5.74, 6) is 1.07. The van der Waals surface area contributed by atoms with Gasteiger partial charge in [-0.15, -0.1) is 11.8 Å². The molecule has 1 aliphatic heterocycles. The molecule has 0 amide bonds. The first-order valence-electron chi connectivity index (χ1n) is 2.61. The molecule has 1 rings (SSSR count). The molecule has 2 heteroatoms. The van der Waals surface area contributed by atoms with Crippen molar-refractivity contribution in [1.82, 2.24) is 0 Å². The van der Waals surface area contributed by atoms with Gasteiger partial charge < -0.3 is 0 Å². The Morgan fingerprint density at radius 2 is 2.50 bits per heavy atom. The minimum Gasteiger partial charge on any atom is -0.254 e. The van der Waals surface area contributed by atoms with Gasteiger partial charge in [0, 0.05) is 11.4 Å². The molecular weight excluding hydrogens is 118 g/mol. The zero-order chi connectivity index (χ0) is 5.98. The molecule has 8 heavy (non-hydrogen) atoms. The fraction of sp³-hybridized carbons (Fsp3) is 0.500. The van der Waals surface area contributed by atoms with E-state index in [9.17, 15) is 0 Å². The summed E-state index contributed by atoms with van der Waals surface area (Å²) in [6, 6.07) is 0. The van der Waals surface area contributed by atoms with Gasteiger partial charge in [-0.2, -0.15) is 0 Å². The third-order valence-electron chi connectivity index (χ3n) is 1.08. The van der Waals surface area contributed by atoms with Crippen molar-refractivity contribution >= 4 is 17.3 Å². The van der Waals surface area contributed by atoms with Crippen LogP contribution in [0.5, 0.6) is 0 Å². The highest BCUT2D eigenvalue weighted by molar-refractivity contribution is 8.12. The van der Waals surface area contributed by atoms with E-state index in [0.29, 0.717) is 0 Å². The predicted octanol–water partition coefficient (Wildman–Crippen LogP) is 2.06. The molecule has 0 fully saturated rings. The third kappa shape index (κ3) is 1.13. The number of hydrogen-bond acceptors (Lipinski definition) is 2. The summed E-state index contributed by atoms with van der Waals surface area (Å²) >= 11 is 1.76. The topological polar surface area (TPSA) is 12.4 Å². The Bertz CT molecular complexity index is 143. The monoisotopic (exact) mass is 127 g/mol. The molecule has 1 heterocycles. The van der Waals surface area contributed by atoms with E-state index < -0.39 is 0 Å². The lowest BCUT2D eigenvalue weighted by Gasteiger charge is -1.91. The normalized spacial score (nSPS) is 17.5. The van der Waals surface area contributed by atoms with Gasteiger partial charge in [-0.3, -0.25) is 4.99 Å². The maximum absolute atomic E-state index is 4.15. The molecule has 0 atom stereocenters. The van der Waals surface area contributed by atoms with Crippen molar-refractivity contribution in [1.29, 1.82) is 0 Å². The Labute approximate surface area is 53.9 Å². The number of hydrogen-bond donors (Lipinski definition) is 0. The van der Waals surface area contributed by atoms with Gasteiger partial charge in [0.05, 0.1) is 5.55 Å². The van der Waals surface area contributed by atoms with Crippen LogP contribution < -0.4 is 0 Å². The Hall–Kier alpha value is -0.240. The number of nitrogens with zero attached hydrogens (tertiary/aromatic N) is 1. The van der Waals surface area contributed by atoms with Crippen LogP contribution in [0.2, 0.25) is 0 Å². The van der Waals surface area contributed by atoms with Gasteiger partial charge >= 0.3 is 0 Å². The van der Waals surface area contributed by atoms with Crippen molar-refractivity contribution in [2.75, 3.05) is 5.75 Å². The van der Waals surface area contributed by atoms with Crippen LogP contribution in [0.25, 0.3) is 0 Å². The van der Waals surface area contributed by atoms with Crippen LogP contribution in [-0.2, 0) is 0 Å². The quantitative estimate of drug-likeness (QED) is 0.485. The zero-order valence-corrected chi connectivity index (χ0v) is 5.96. The van der Waals surface area contributed by atoms with E-state index in [2.05, 4.69) is 18.8 Å².